The fourth-order valence-electron chi connectivity index (χ4n) is 0.266. The third kappa shape index (κ3) is 5.97. The minimum atomic E-state index is 0. The molecule has 0 unspecified atom stereocenters. The molecular weight excluding hydrogens is 198 g/mol. The molecule has 0 radical (unpaired) electrons. The molecule has 3 N–H and O–H groups in total. The summed E-state index contributed by atoms with van der Waals surface area (Å²) in [6.07, 6.45) is 1.55. The van der Waals surface area contributed by atoms with Gasteiger partial charge in [-0.05, 0) is 5.21 Å². The lowest BCUT2D eigenvalue weighted by atomic mass is 10.6. The van der Waals surface area contributed by atoms with E-state index in [1.807, 2.05) is 0 Å². The zero-order valence-corrected chi connectivity index (χ0v) is 7.11. The number of halogens is 3. The Balaban J connectivity index is -0.000000163. The highest BCUT2D eigenvalue weighted by atomic mass is 35.5. The van der Waals surface area contributed by atoms with Crippen LogP contribution in [-0.2, 0) is 0 Å². The van der Waals surface area contributed by atoms with Crippen LogP contribution >= 0.6 is 0 Å². The summed E-state index contributed by atoms with van der Waals surface area (Å²) in [6.45, 7) is 0. The van der Waals surface area contributed by atoms with Crippen LogP contribution in [0.25, 0.3) is 0 Å². The monoisotopic (exact) mass is 202 g/mol. The van der Waals surface area contributed by atoms with Gasteiger partial charge in [-0.2, -0.15) is 0 Å². The quantitative estimate of drug-likeness (QED) is 0.455. The van der Waals surface area contributed by atoms with E-state index in [2.05, 4.69) is 21.1 Å². The summed E-state index contributed by atoms with van der Waals surface area (Å²) in [5, 5.41) is 10.3. The molecule has 0 saturated carbocycles. The molecular formula is C3H5Cl3N4-2. The lowest BCUT2D eigenvalue weighted by Crippen LogP contribution is -3.00. The van der Waals surface area contributed by atoms with Crippen LogP contribution in [0.2, 0.25) is 0 Å². The first kappa shape index (κ1) is 16.4. The molecule has 0 aromatic carbocycles. The van der Waals surface area contributed by atoms with E-state index in [-0.39, 0.29) is 37.2 Å². The van der Waals surface area contributed by atoms with Crippen LogP contribution in [0, 0.1) is 0 Å². The number of aromatic nitrogens is 3. The summed E-state index contributed by atoms with van der Waals surface area (Å²) in [5.41, 5.74) is 3.51. The minimum absolute atomic E-state index is 0. The Bertz CT molecular complexity index is 146. The van der Waals surface area contributed by atoms with Crippen LogP contribution in [0.15, 0.2) is 12.3 Å². The molecule has 0 aliphatic heterocycles. The molecule has 0 spiro atoms. The lowest BCUT2D eigenvalue weighted by molar-refractivity contribution is -0.262. The van der Waals surface area contributed by atoms with Gasteiger partial charge in [-0.1, -0.05) is 5.10 Å². The van der Waals surface area contributed by atoms with Crippen LogP contribution in [0.4, 0.5) is 5.82 Å². The van der Waals surface area contributed by atoms with Gasteiger partial charge >= 0.3 is 0 Å². The van der Waals surface area contributed by atoms with Crippen molar-refractivity contribution in [3.63, 3.8) is 0 Å². The molecule has 4 nitrogen and oxygen atoms in total. The van der Waals surface area contributed by atoms with E-state index in [0.29, 0.717) is 5.82 Å². The first-order valence-corrected chi connectivity index (χ1v) is 1.86. The molecule has 60 valence electrons. The Morgan fingerprint density at radius 1 is 1.20 bits per heavy atom. The standard InChI is InChI=1S/C3H4N4.3ClH/c4-3-1-2-5-7-6-3;;;/h1-2H,(H2,4,5,6);3*1H/p-2. The number of nitrogens with zero attached hydrogens (tertiary/aromatic N) is 3. The zero-order chi connectivity index (χ0) is 5.11. The maximum atomic E-state index is 3.51. The number of hydrogen-bond donors (Lipinski definition) is 1. The summed E-state index contributed by atoms with van der Waals surface area (Å²) < 4.78 is 0. The molecule has 0 bridgehead atoms. The summed E-state index contributed by atoms with van der Waals surface area (Å²) in [5.74, 6) is 0.648. The van der Waals surface area contributed by atoms with Gasteiger partial charge in [0, 0.05) is 6.07 Å². The van der Waals surface area contributed by atoms with E-state index in [9.17, 15) is 0 Å². The maximum Gasteiger partial charge on any atom is 0.245 e. The Hall–Kier alpha value is -0.160. The molecule has 0 fully saturated rings. The van der Waals surface area contributed by atoms with E-state index in [4.69, 9.17) is 0 Å². The van der Waals surface area contributed by atoms with Gasteiger partial charge in [-0.15, -0.1) is 5.10 Å². The fraction of sp³-hybridized carbons (Fsp3) is 0. The van der Waals surface area contributed by atoms with E-state index >= 15 is 0 Å². The van der Waals surface area contributed by atoms with Gasteiger partial charge in [-0.25, -0.2) is 0 Å². The lowest BCUT2D eigenvalue weighted by Gasteiger charge is -1.75. The molecule has 1 aromatic rings. The highest BCUT2D eigenvalue weighted by molar-refractivity contribution is 5.07. The van der Waals surface area contributed by atoms with Gasteiger partial charge in [0.2, 0.25) is 5.82 Å². The molecule has 1 heterocycles. The second kappa shape index (κ2) is 8.84. The molecule has 1 aromatic heterocycles. The second-order valence-electron chi connectivity index (χ2n) is 1.11. The Labute approximate surface area is 76.8 Å². The topological polar surface area (TPSA) is 66.3 Å². The summed E-state index contributed by atoms with van der Waals surface area (Å²) in [6, 6.07) is 1.69. The summed E-state index contributed by atoms with van der Waals surface area (Å²) >= 11 is 0. The van der Waals surface area contributed by atoms with Crippen LogP contribution in [0.3, 0.4) is 0 Å². The van der Waals surface area contributed by atoms with Crippen molar-refractivity contribution in [3.8, 4) is 0 Å². The van der Waals surface area contributed by atoms with Crippen molar-refractivity contribution in [3.05, 3.63) is 12.3 Å². The van der Waals surface area contributed by atoms with Gasteiger partial charge in [0.1, 0.15) is 0 Å². The van der Waals surface area contributed by atoms with Gasteiger partial charge in [-0.3, -0.25) is 0 Å². The zero-order valence-electron chi connectivity index (χ0n) is 4.84. The van der Waals surface area contributed by atoms with Gasteiger partial charge < -0.3 is 43.0 Å². The highest BCUT2D eigenvalue weighted by Crippen LogP contribution is 1.79. The molecule has 7 heteroatoms. The van der Waals surface area contributed by atoms with Crippen molar-refractivity contribution < 1.29 is 43.0 Å². The average Bonchev–Trinajstić information content (AvgIpc) is 1.69. The van der Waals surface area contributed by atoms with Crippen molar-refractivity contribution in [2.75, 3.05) is 0 Å². The predicted molar refractivity (Wildman–Crippen MR) is 22.4 cm³/mol. The van der Waals surface area contributed by atoms with Crippen molar-refractivity contribution in [2.24, 2.45) is 0 Å². The first-order chi connectivity index (χ1) is 3.39. The van der Waals surface area contributed by atoms with E-state index in [1.165, 1.54) is 0 Å². The number of hydrogen-bond acceptors (Lipinski definition) is 3. The normalized spacial score (nSPS) is 6.10. The Morgan fingerprint density at radius 3 is 2.00 bits per heavy atom. The Kier molecular flexibility index (Phi) is 14.5. The number of rotatable bonds is 0. The maximum absolute atomic E-state index is 3.51. The van der Waals surface area contributed by atoms with Crippen molar-refractivity contribution in [1.82, 2.24) is 15.4 Å². The minimum Gasteiger partial charge on any atom is -1.00 e. The predicted octanol–water partition coefficient (Wildman–Crippen LogP) is -10.2. The highest BCUT2D eigenvalue weighted by Gasteiger charge is 1.81. The number of quaternary nitrogens is 1. The van der Waals surface area contributed by atoms with E-state index in [1.54, 1.807) is 12.3 Å². The molecule has 0 atom stereocenters. The van der Waals surface area contributed by atoms with Gasteiger partial charge in [0.15, 0.2) is 0 Å². The fourth-order valence-corrected chi connectivity index (χ4v) is 0.266. The van der Waals surface area contributed by atoms with Gasteiger partial charge in [0.25, 0.3) is 0 Å². The third-order valence-corrected chi connectivity index (χ3v) is 0.558. The molecule has 10 heavy (non-hydrogen) atoms. The smallest absolute Gasteiger partial charge is 0.245 e. The van der Waals surface area contributed by atoms with Crippen LogP contribution in [0.5, 0.6) is 0 Å². The van der Waals surface area contributed by atoms with Crippen molar-refractivity contribution in [2.45, 2.75) is 0 Å². The first-order valence-electron chi connectivity index (χ1n) is 1.86. The average molecular weight is 203 g/mol. The summed E-state index contributed by atoms with van der Waals surface area (Å²) in [4.78, 5) is 0. The van der Waals surface area contributed by atoms with E-state index < -0.39 is 0 Å². The largest absolute Gasteiger partial charge is 1.00 e. The van der Waals surface area contributed by atoms with E-state index in [0.717, 1.165) is 0 Å². The SMILES string of the molecule is [Cl-].[Cl-].[Cl-].[NH3+]c1ccnnn1. The molecule has 0 amide bonds. The summed E-state index contributed by atoms with van der Waals surface area (Å²) in [7, 11) is 0. The molecule has 0 aliphatic carbocycles. The van der Waals surface area contributed by atoms with Crippen molar-refractivity contribution >= 4 is 5.82 Å². The van der Waals surface area contributed by atoms with Crippen LogP contribution in [0.1, 0.15) is 0 Å². The molecule has 0 saturated heterocycles. The molecule has 0 aliphatic rings. The second-order valence-corrected chi connectivity index (χ2v) is 1.11. The van der Waals surface area contributed by atoms with Gasteiger partial charge in [0.05, 0.1) is 6.20 Å². The van der Waals surface area contributed by atoms with Crippen molar-refractivity contribution in [1.29, 1.82) is 0 Å². The van der Waals surface area contributed by atoms with Crippen LogP contribution < -0.4 is 43.0 Å². The van der Waals surface area contributed by atoms with Crippen LogP contribution in [-0.4, -0.2) is 15.4 Å². The Morgan fingerprint density at radius 2 is 1.80 bits per heavy atom. The molecule has 1 rings (SSSR count). The third-order valence-electron chi connectivity index (χ3n) is 0.558.